The van der Waals surface area contributed by atoms with E-state index in [1.54, 1.807) is 17.0 Å². The minimum atomic E-state index is -0.618. The van der Waals surface area contributed by atoms with E-state index in [0.29, 0.717) is 24.7 Å². The quantitative estimate of drug-likeness (QED) is 0.587. The largest absolute Gasteiger partial charge is 0.444 e. The number of amides is 3. The third-order valence-electron chi connectivity index (χ3n) is 5.94. The van der Waals surface area contributed by atoms with Crippen molar-refractivity contribution >= 4 is 29.4 Å². The molecule has 1 aromatic heterocycles. The number of rotatable bonds is 4. The smallest absolute Gasteiger partial charge is 0.410 e. The van der Waals surface area contributed by atoms with Crippen molar-refractivity contribution in [3.8, 4) is 5.69 Å². The molecule has 4 rings (SSSR count). The Kier molecular flexibility index (Phi) is 6.07. The molecule has 2 aliphatic rings. The molecule has 0 spiro atoms. The number of fused-ring (bicyclic) bond motifs is 1. The molecule has 0 radical (unpaired) electrons. The van der Waals surface area contributed by atoms with Gasteiger partial charge in [0, 0.05) is 31.4 Å². The number of carbonyl (C=O) groups excluding carboxylic acids is 3. The average Bonchev–Trinajstić information content (AvgIpc) is 3.05. The monoisotopic (exact) mass is 467 g/mol. The van der Waals surface area contributed by atoms with E-state index in [4.69, 9.17) is 10.5 Å². The van der Waals surface area contributed by atoms with E-state index in [0.717, 1.165) is 31.1 Å². The third kappa shape index (κ3) is 4.75. The molecule has 3 heterocycles. The number of nitrogens with one attached hydrogen (secondary N) is 2. The van der Waals surface area contributed by atoms with Crippen LogP contribution >= 0.6 is 0 Å². The lowest BCUT2D eigenvalue weighted by Gasteiger charge is -2.33. The van der Waals surface area contributed by atoms with Crippen molar-refractivity contribution in [1.82, 2.24) is 14.8 Å². The Morgan fingerprint density at radius 1 is 1.12 bits per heavy atom. The number of benzene rings is 1. The number of aromatic nitrogens is 1. The number of nitrogens with zero attached hydrogens (tertiary/aromatic N) is 2. The van der Waals surface area contributed by atoms with E-state index in [9.17, 15) is 19.2 Å². The molecule has 1 saturated heterocycles. The second-order valence-electron chi connectivity index (χ2n) is 9.61. The minimum Gasteiger partial charge on any atom is -0.444 e. The summed E-state index contributed by atoms with van der Waals surface area (Å²) in [6.45, 7) is 7.66. The SMILES string of the molecule is CC(C)(C)OC(=O)N1CCC(CNc2ccc(-n3c(N)c4c(cc3=O)C(=O)NC4=O)cc2)CC1. The van der Waals surface area contributed by atoms with Gasteiger partial charge in [0.1, 0.15) is 11.4 Å². The summed E-state index contributed by atoms with van der Waals surface area (Å²) in [5.74, 6) is -0.873. The molecule has 0 aliphatic carbocycles. The molecule has 10 heteroatoms. The number of nitrogens with two attached hydrogens (primary N) is 1. The van der Waals surface area contributed by atoms with Crippen LogP contribution in [0.15, 0.2) is 35.1 Å². The Hall–Kier alpha value is -3.82. The normalized spacial score (nSPS) is 16.3. The molecule has 0 bridgehead atoms. The number of imide groups is 1. The van der Waals surface area contributed by atoms with Gasteiger partial charge in [-0.3, -0.25) is 24.3 Å². The Balaban J connectivity index is 1.37. The number of pyridine rings is 1. The van der Waals surface area contributed by atoms with Crippen LogP contribution in [0, 0.1) is 5.92 Å². The van der Waals surface area contributed by atoms with E-state index in [2.05, 4.69) is 10.6 Å². The van der Waals surface area contributed by atoms with Crippen LogP contribution < -0.4 is 21.9 Å². The maximum Gasteiger partial charge on any atom is 0.410 e. The van der Waals surface area contributed by atoms with Gasteiger partial charge in [-0.15, -0.1) is 0 Å². The van der Waals surface area contributed by atoms with E-state index >= 15 is 0 Å². The highest BCUT2D eigenvalue weighted by Crippen LogP contribution is 2.24. The maximum atomic E-state index is 12.6. The Morgan fingerprint density at radius 2 is 1.76 bits per heavy atom. The molecule has 4 N–H and O–H groups in total. The number of piperidine rings is 1. The van der Waals surface area contributed by atoms with Crippen LogP contribution in [-0.2, 0) is 4.74 Å². The molecule has 3 amide bonds. The summed E-state index contributed by atoms with van der Waals surface area (Å²) in [6.07, 6.45) is 1.50. The Labute approximate surface area is 197 Å². The van der Waals surface area contributed by atoms with Gasteiger partial charge >= 0.3 is 6.09 Å². The number of carbonyl (C=O) groups is 3. The van der Waals surface area contributed by atoms with Gasteiger partial charge in [0.2, 0.25) is 0 Å². The first-order valence-electron chi connectivity index (χ1n) is 11.3. The fraction of sp³-hybridized carbons (Fsp3) is 0.417. The van der Waals surface area contributed by atoms with Crippen LogP contribution in [-0.4, -0.2) is 52.6 Å². The van der Waals surface area contributed by atoms with Gasteiger partial charge in [-0.1, -0.05) is 0 Å². The van der Waals surface area contributed by atoms with Crippen LogP contribution in [0.5, 0.6) is 0 Å². The van der Waals surface area contributed by atoms with E-state index < -0.39 is 23.0 Å². The number of nitrogen functional groups attached to an aromatic ring is 1. The molecule has 180 valence electrons. The number of likely N-dealkylation sites (tertiary alicyclic amines) is 1. The van der Waals surface area contributed by atoms with Crippen LogP contribution in [0.2, 0.25) is 0 Å². The maximum absolute atomic E-state index is 12.6. The summed E-state index contributed by atoms with van der Waals surface area (Å²) >= 11 is 0. The highest BCUT2D eigenvalue weighted by Gasteiger charge is 2.32. The van der Waals surface area contributed by atoms with Crippen LogP contribution in [0.3, 0.4) is 0 Å². The second-order valence-corrected chi connectivity index (χ2v) is 9.61. The molecular weight excluding hydrogens is 438 g/mol. The van der Waals surface area contributed by atoms with Crippen molar-refractivity contribution in [2.75, 3.05) is 30.7 Å². The lowest BCUT2D eigenvalue weighted by atomic mass is 9.97. The first kappa shape index (κ1) is 23.3. The molecule has 10 nitrogen and oxygen atoms in total. The van der Waals surface area contributed by atoms with E-state index in [1.807, 2.05) is 32.9 Å². The van der Waals surface area contributed by atoms with Crippen LogP contribution in [0.4, 0.5) is 16.3 Å². The highest BCUT2D eigenvalue weighted by atomic mass is 16.6. The van der Waals surface area contributed by atoms with Crippen molar-refractivity contribution < 1.29 is 19.1 Å². The molecule has 1 aromatic carbocycles. The fourth-order valence-corrected chi connectivity index (χ4v) is 4.18. The molecular formula is C24H29N5O5. The summed E-state index contributed by atoms with van der Waals surface area (Å²) in [4.78, 5) is 50.4. The zero-order chi connectivity index (χ0) is 24.6. The van der Waals surface area contributed by atoms with Crippen molar-refractivity contribution in [3.63, 3.8) is 0 Å². The standard InChI is InChI=1S/C24H29N5O5/c1-24(2,3)34-23(33)28-10-8-14(9-11-28)13-26-15-4-6-16(7-5-15)29-18(30)12-17-19(20(29)25)22(32)27-21(17)31/h4-7,12,14,26H,8-11,13,25H2,1-3H3,(H,27,31,32). The van der Waals surface area contributed by atoms with E-state index in [1.165, 1.54) is 4.57 Å². The van der Waals surface area contributed by atoms with Gasteiger partial charge in [0.25, 0.3) is 17.4 Å². The summed E-state index contributed by atoms with van der Waals surface area (Å²) in [6, 6.07) is 8.24. The predicted octanol–water partition coefficient (Wildman–Crippen LogP) is 2.36. The number of ether oxygens (including phenoxy) is 1. The van der Waals surface area contributed by atoms with Crippen LogP contribution in [0.25, 0.3) is 5.69 Å². The minimum absolute atomic E-state index is 0.000229. The summed E-state index contributed by atoms with van der Waals surface area (Å²) in [5, 5.41) is 5.55. The lowest BCUT2D eigenvalue weighted by Crippen LogP contribution is -2.42. The number of anilines is 2. The molecule has 1 fully saturated rings. The van der Waals surface area contributed by atoms with Gasteiger partial charge < -0.3 is 20.7 Å². The first-order valence-corrected chi connectivity index (χ1v) is 11.3. The molecule has 2 aromatic rings. The van der Waals surface area contributed by atoms with Gasteiger partial charge in [-0.05, 0) is 63.8 Å². The molecule has 2 aliphatic heterocycles. The van der Waals surface area contributed by atoms with Crippen LogP contribution in [0.1, 0.15) is 54.3 Å². The molecule has 0 atom stereocenters. The van der Waals surface area contributed by atoms with Crippen molar-refractivity contribution in [2.45, 2.75) is 39.2 Å². The first-order chi connectivity index (χ1) is 16.0. The number of hydrogen-bond donors (Lipinski definition) is 3. The van der Waals surface area contributed by atoms with Crippen molar-refractivity contribution in [1.29, 1.82) is 0 Å². The molecule has 0 saturated carbocycles. The zero-order valence-electron chi connectivity index (χ0n) is 19.5. The molecule has 34 heavy (non-hydrogen) atoms. The summed E-state index contributed by atoms with van der Waals surface area (Å²) in [5.41, 5.74) is 6.48. The predicted molar refractivity (Wildman–Crippen MR) is 127 cm³/mol. The second kappa shape index (κ2) is 8.85. The lowest BCUT2D eigenvalue weighted by molar-refractivity contribution is 0.0188. The average molecular weight is 468 g/mol. The van der Waals surface area contributed by atoms with Gasteiger partial charge in [-0.25, -0.2) is 4.79 Å². The van der Waals surface area contributed by atoms with Gasteiger partial charge in [-0.2, -0.15) is 0 Å². The van der Waals surface area contributed by atoms with Gasteiger partial charge in [0.15, 0.2) is 0 Å². The summed E-state index contributed by atoms with van der Waals surface area (Å²) < 4.78 is 6.66. The Morgan fingerprint density at radius 3 is 2.38 bits per heavy atom. The van der Waals surface area contributed by atoms with Crippen molar-refractivity contribution in [2.24, 2.45) is 5.92 Å². The zero-order valence-corrected chi connectivity index (χ0v) is 19.5. The number of hydrogen-bond acceptors (Lipinski definition) is 7. The molecule has 0 unspecified atom stereocenters. The fourth-order valence-electron chi connectivity index (χ4n) is 4.18. The topological polar surface area (TPSA) is 136 Å². The Bertz CT molecular complexity index is 1190. The van der Waals surface area contributed by atoms with Crippen molar-refractivity contribution in [3.05, 3.63) is 51.8 Å². The van der Waals surface area contributed by atoms with Gasteiger partial charge in [0.05, 0.1) is 16.8 Å². The summed E-state index contributed by atoms with van der Waals surface area (Å²) in [7, 11) is 0. The highest BCUT2D eigenvalue weighted by molar-refractivity contribution is 6.23. The third-order valence-corrected chi connectivity index (χ3v) is 5.94. The van der Waals surface area contributed by atoms with E-state index in [-0.39, 0.29) is 23.0 Å².